The minimum absolute atomic E-state index is 0.00478. The Hall–Kier alpha value is -3.42. The van der Waals surface area contributed by atoms with Crippen molar-refractivity contribution in [3.8, 4) is 5.75 Å². The van der Waals surface area contributed by atoms with Crippen molar-refractivity contribution in [1.82, 2.24) is 10.2 Å². The second-order valence-electron chi connectivity index (χ2n) is 4.85. The number of urea groups is 1. The molecule has 1 aromatic carbocycles. The molecule has 24 heavy (non-hydrogen) atoms. The molecule has 0 spiro atoms. The summed E-state index contributed by atoms with van der Waals surface area (Å²) in [5.74, 6) is -1.64. The Labute approximate surface area is 137 Å². The fraction of sp³-hybridized carbons (Fsp3) is 0.125. The molecule has 3 N–H and O–H groups in total. The van der Waals surface area contributed by atoms with Crippen LogP contribution in [0.25, 0.3) is 6.08 Å². The second kappa shape index (κ2) is 7.23. The third kappa shape index (κ3) is 3.86. The number of nitrogens with one attached hydrogen (secondary N) is 1. The zero-order valence-electron chi connectivity index (χ0n) is 12.7. The standard InChI is InChI=1S/C16H15N3O5/c1-2-7-19-15(22)12(14(21)18-16(19)23)8-10-3-5-11(6-4-10)24-9-13(17)20/h2-6,8H,1,7,9H2,(H2,17,20)(H,18,21,23)/b12-8+. The molecule has 1 aromatic rings. The average Bonchev–Trinajstić information content (AvgIpc) is 2.54. The Kier molecular flexibility index (Phi) is 5.10. The van der Waals surface area contributed by atoms with Crippen molar-refractivity contribution in [2.75, 3.05) is 13.2 Å². The van der Waals surface area contributed by atoms with Gasteiger partial charge in [-0.2, -0.15) is 0 Å². The van der Waals surface area contributed by atoms with Gasteiger partial charge in [-0.15, -0.1) is 6.58 Å². The first-order valence-electron chi connectivity index (χ1n) is 6.93. The number of carbonyl (C=O) groups is 4. The number of imide groups is 2. The smallest absolute Gasteiger partial charge is 0.331 e. The third-order valence-corrected chi connectivity index (χ3v) is 3.07. The molecule has 0 atom stereocenters. The van der Waals surface area contributed by atoms with E-state index in [4.69, 9.17) is 10.5 Å². The van der Waals surface area contributed by atoms with Gasteiger partial charge in [-0.25, -0.2) is 4.79 Å². The van der Waals surface area contributed by atoms with Crippen LogP contribution in [0.4, 0.5) is 4.79 Å². The maximum Gasteiger partial charge on any atom is 0.331 e. The van der Waals surface area contributed by atoms with Crippen LogP contribution in [0.1, 0.15) is 5.56 Å². The summed E-state index contributed by atoms with van der Waals surface area (Å²) in [5.41, 5.74) is 5.36. The lowest BCUT2D eigenvalue weighted by Gasteiger charge is -2.25. The van der Waals surface area contributed by atoms with E-state index < -0.39 is 23.8 Å². The van der Waals surface area contributed by atoms with E-state index in [0.29, 0.717) is 11.3 Å². The van der Waals surface area contributed by atoms with E-state index in [1.54, 1.807) is 24.3 Å². The lowest BCUT2D eigenvalue weighted by atomic mass is 10.1. The highest BCUT2D eigenvalue weighted by Gasteiger charge is 2.34. The summed E-state index contributed by atoms with van der Waals surface area (Å²) in [4.78, 5) is 47.3. The Morgan fingerprint density at radius 1 is 1.25 bits per heavy atom. The Morgan fingerprint density at radius 2 is 1.92 bits per heavy atom. The van der Waals surface area contributed by atoms with E-state index in [2.05, 4.69) is 11.9 Å². The second-order valence-corrected chi connectivity index (χ2v) is 4.85. The van der Waals surface area contributed by atoms with Crippen molar-refractivity contribution in [2.45, 2.75) is 0 Å². The van der Waals surface area contributed by atoms with Gasteiger partial charge in [0.15, 0.2) is 6.61 Å². The van der Waals surface area contributed by atoms with Gasteiger partial charge in [0.2, 0.25) is 0 Å². The largest absolute Gasteiger partial charge is 0.484 e. The molecular formula is C16H15N3O5. The Balaban J connectivity index is 2.20. The van der Waals surface area contributed by atoms with Gasteiger partial charge in [-0.05, 0) is 23.8 Å². The van der Waals surface area contributed by atoms with Crippen LogP contribution in [0.2, 0.25) is 0 Å². The molecule has 0 aliphatic carbocycles. The number of nitrogens with zero attached hydrogens (tertiary/aromatic N) is 1. The minimum atomic E-state index is -0.780. The summed E-state index contributed by atoms with van der Waals surface area (Å²) < 4.78 is 5.11. The van der Waals surface area contributed by atoms with E-state index in [-0.39, 0.29) is 18.7 Å². The maximum atomic E-state index is 12.2. The topological polar surface area (TPSA) is 119 Å². The van der Waals surface area contributed by atoms with E-state index in [0.717, 1.165) is 4.90 Å². The number of barbiturate groups is 1. The van der Waals surface area contributed by atoms with Crippen LogP contribution in [-0.4, -0.2) is 41.8 Å². The van der Waals surface area contributed by atoms with Crippen LogP contribution >= 0.6 is 0 Å². The molecule has 1 saturated heterocycles. The highest BCUT2D eigenvalue weighted by Crippen LogP contribution is 2.17. The zero-order valence-corrected chi connectivity index (χ0v) is 12.7. The van der Waals surface area contributed by atoms with Crippen LogP contribution in [0.15, 0.2) is 42.5 Å². The van der Waals surface area contributed by atoms with Crippen molar-refractivity contribution in [3.63, 3.8) is 0 Å². The van der Waals surface area contributed by atoms with E-state index in [1.165, 1.54) is 12.2 Å². The number of hydrogen-bond donors (Lipinski definition) is 2. The number of ether oxygens (including phenoxy) is 1. The highest BCUT2D eigenvalue weighted by molar-refractivity contribution is 6.31. The molecule has 0 unspecified atom stereocenters. The number of nitrogens with two attached hydrogens (primary N) is 1. The molecule has 1 fully saturated rings. The van der Waals surface area contributed by atoms with Crippen molar-refractivity contribution >= 4 is 29.8 Å². The van der Waals surface area contributed by atoms with Crippen LogP contribution in [0, 0.1) is 0 Å². The highest BCUT2D eigenvalue weighted by atomic mass is 16.5. The first kappa shape index (κ1) is 16.9. The molecule has 8 heteroatoms. The number of rotatable bonds is 6. The SMILES string of the molecule is C=CCN1C(=O)NC(=O)/C(=C\c2ccc(OCC(N)=O)cc2)C1=O. The van der Waals surface area contributed by atoms with E-state index in [9.17, 15) is 19.2 Å². The lowest BCUT2D eigenvalue weighted by molar-refractivity contribution is -0.129. The number of primary amides is 1. The normalized spacial score (nSPS) is 16.1. The summed E-state index contributed by atoms with van der Waals surface area (Å²) in [5, 5.41) is 2.09. The lowest BCUT2D eigenvalue weighted by Crippen LogP contribution is -2.54. The fourth-order valence-electron chi connectivity index (χ4n) is 1.97. The quantitative estimate of drug-likeness (QED) is 0.439. The van der Waals surface area contributed by atoms with Gasteiger partial charge < -0.3 is 10.5 Å². The fourth-order valence-corrected chi connectivity index (χ4v) is 1.97. The van der Waals surface area contributed by atoms with Gasteiger partial charge in [-0.3, -0.25) is 24.6 Å². The van der Waals surface area contributed by atoms with Crippen LogP contribution < -0.4 is 15.8 Å². The predicted octanol–water partition coefficient (Wildman–Crippen LogP) is 0.198. The van der Waals surface area contributed by atoms with Gasteiger partial charge in [0.05, 0.1) is 0 Å². The summed E-state index contributed by atoms with van der Waals surface area (Å²) in [6.07, 6.45) is 2.74. The predicted molar refractivity (Wildman–Crippen MR) is 84.6 cm³/mol. The van der Waals surface area contributed by atoms with Crippen molar-refractivity contribution in [1.29, 1.82) is 0 Å². The van der Waals surface area contributed by atoms with Gasteiger partial charge in [-0.1, -0.05) is 18.2 Å². The molecule has 124 valence electrons. The van der Waals surface area contributed by atoms with Crippen LogP contribution in [0.3, 0.4) is 0 Å². The zero-order chi connectivity index (χ0) is 17.7. The number of hydrogen-bond acceptors (Lipinski definition) is 5. The van der Waals surface area contributed by atoms with Gasteiger partial charge in [0.1, 0.15) is 11.3 Å². The number of carbonyl (C=O) groups excluding carboxylic acids is 4. The van der Waals surface area contributed by atoms with Gasteiger partial charge >= 0.3 is 6.03 Å². The molecular weight excluding hydrogens is 314 g/mol. The molecule has 2 rings (SSSR count). The Morgan fingerprint density at radius 3 is 2.50 bits per heavy atom. The van der Waals surface area contributed by atoms with Gasteiger partial charge in [0, 0.05) is 6.54 Å². The average molecular weight is 329 g/mol. The Bertz CT molecular complexity index is 737. The van der Waals surface area contributed by atoms with Crippen molar-refractivity contribution in [3.05, 3.63) is 48.1 Å². The van der Waals surface area contributed by atoms with E-state index >= 15 is 0 Å². The van der Waals surface area contributed by atoms with Crippen molar-refractivity contribution < 1.29 is 23.9 Å². The number of benzene rings is 1. The molecule has 1 heterocycles. The third-order valence-electron chi connectivity index (χ3n) is 3.07. The number of amides is 5. The van der Waals surface area contributed by atoms with Crippen LogP contribution in [0.5, 0.6) is 5.75 Å². The van der Waals surface area contributed by atoms with Gasteiger partial charge in [0.25, 0.3) is 17.7 Å². The molecule has 8 nitrogen and oxygen atoms in total. The summed E-state index contributed by atoms with van der Waals surface area (Å²) in [6.45, 7) is 3.21. The summed E-state index contributed by atoms with van der Waals surface area (Å²) in [7, 11) is 0. The molecule has 0 bridgehead atoms. The molecule has 1 aliphatic rings. The van der Waals surface area contributed by atoms with Crippen LogP contribution in [-0.2, 0) is 14.4 Å². The molecule has 0 saturated carbocycles. The van der Waals surface area contributed by atoms with E-state index in [1.807, 2.05) is 0 Å². The molecule has 1 aliphatic heterocycles. The minimum Gasteiger partial charge on any atom is -0.484 e. The van der Waals surface area contributed by atoms with Crippen molar-refractivity contribution in [2.24, 2.45) is 5.73 Å². The monoisotopic (exact) mass is 329 g/mol. The first-order valence-corrected chi connectivity index (χ1v) is 6.93. The molecule has 0 radical (unpaired) electrons. The summed E-state index contributed by atoms with van der Waals surface area (Å²) >= 11 is 0. The maximum absolute atomic E-state index is 12.2. The molecule has 5 amide bonds. The summed E-state index contributed by atoms with van der Waals surface area (Å²) in [6, 6.07) is 5.54. The first-order chi connectivity index (χ1) is 11.4. The molecule has 0 aromatic heterocycles.